The Morgan fingerprint density at radius 2 is 1.91 bits per heavy atom. The van der Waals surface area contributed by atoms with Gasteiger partial charge in [0.25, 0.3) is 11.6 Å². The van der Waals surface area contributed by atoms with Crippen LogP contribution in [0.4, 0.5) is 20.2 Å². The number of primary amides is 1. The maximum Gasteiger partial charge on any atom is 0.290 e. The van der Waals surface area contributed by atoms with Crippen LogP contribution in [0.1, 0.15) is 15.9 Å². The van der Waals surface area contributed by atoms with Crippen LogP contribution in [0, 0.1) is 28.7 Å². The zero-order valence-electron chi connectivity index (χ0n) is 11.7. The molecular weight excluding hydrogens is 332 g/mol. The van der Waals surface area contributed by atoms with Gasteiger partial charge in [0.05, 0.1) is 21.2 Å². The predicted octanol–water partition coefficient (Wildman–Crippen LogP) is 3.18. The Balaban J connectivity index is 3.00. The SMILES string of the molecule is Cc1c(F)cc(C(N)=O)c([N+](=O)[O-])c1-c1ccc(F)c(Cl)c1N. The van der Waals surface area contributed by atoms with Crippen molar-refractivity contribution in [2.75, 3.05) is 5.73 Å². The maximum absolute atomic E-state index is 14.1. The number of amides is 1. The van der Waals surface area contributed by atoms with Gasteiger partial charge >= 0.3 is 0 Å². The molecule has 0 atom stereocenters. The lowest BCUT2D eigenvalue weighted by Crippen LogP contribution is -2.15. The molecule has 0 saturated carbocycles. The monoisotopic (exact) mass is 341 g/mol. The molecule has 2 rings (SSSR count). The van der Waals surface area contributed by atoms with Crippen molar-refractivity contribution in [2.24, 2.45) is 5.73 Å². The van der Waals surface area contributed by atoms with Crippen LogP contribution in [0.25, 0.3) is 11.1 Å². The second kappa shape index (κ2) is 5.81. The number of hydrogen-bond donors (Lipinski definition) is 2. The molecule has 23 heavy (non-hydrogen) atoms. The van der Waals surface area contributed by atoms with E-state index in [0.717, 1.165) is 12.1 Å². The number of nitro groups is 1. The van der Waals surface area contributed by atoms with Crippen LogP contribution in [-0.4, -0.2) is 10.8 Å². The minimum Gasteiger partial charge on any atom is -0.397 e. The van der Waals surface area contributed by atoms with Crippen LogP contribution in [-0.2, 0) is 0 Å². The van der Waals surface area contributed by atoms with E-state index in [4.69, 9.17) is 23.1 Å². The van der Waals surface area contributed by atoms with Gasteiger partial charge in [-0.25, -0.2) is 8.78 Å². The van der Waals surface area contributed by atoms with Crippen LogP contribution < -0.4 is 11.5 Å². The molecular formula is C14H10ClF2N3O3. The molecule has 0 unspecified atom stereocenters. The molecule has 0 bridgehead atoms. The summed E-state index contributed by atoms with van der Waals surface area (Å²) in [6, 6.07) is 2.74. The Labute approximate surface area is 133 Å². The fourth-order valence-electron chi connectivity index (χ4n) is 2.23. The van der Waals surface area contributed by atoms with Crippen molar-refractivity contribution in [1.82, 2.24) is 0 Å². The van der Waals surface area contributed by atoms with Gasteiger partial charge in [0, 0.05) is 5.56 Å². The van der Waals surface area contributed by atoms with Crippen LogP contribution >= 0.6 is 11.6 Å². The van der Waals surface area contributed by atoms with Crippen LogP contribution in [0.5, 0.6) is 0 Å². The quantitative estimate of drug-likeness (QED) is 0.507. The fraction of sp³-hybridized carbons (Fsp3) is 0.0714. The Morgan fingerprint density at radius 3 is 2.43 bits per heavy atom. The first-order valence-corrected chi connectivity index (χ1v) is 6.55. The van der Waals surface area contributed by atoms with E-state index in [1.807, 2.05) is 0 Å². The third-order valence-electron chi connectivity index (χ3n) is 3.35. The number of hydrogen-bond acceptors (Lipinski definition) is 4. The molecule has 0 fully saturated rings. The summed E-state index contributed by atoms with van der Waals surface area (Å²) in [6.45, 7) is 1.26. The Bertz CT molecular complexity index is 856. The summed E-state index contributed by atoms with van der Waals surface area (Å²) in [5.41, 5.74) is 8.65. The minimum atomic E-state index is -1.18. The summed E-state index contributed by atoms with van der Waals surface area (Å²) in [4.78, 5) is 21.9. The molecule has 2 aromatic carbocycles. The highest BCUT2D eigenvalue weighted by atomic mass is 35.5. The summed E-state index contributed by atoms with van der Waals surface area (Å²) >= 11 is 5.70. The van der Waals surface area contributed by atoms with Gasteiger partial charge in [-0.05, 0) is 30.7 Å². The van der Waals surface area contributed by atoms with Crippen molar-refractivity contribution in [3.05, 3.63) is 56.1 Å². The largest absolute Gasteiger partial charge is 0.397 e. The molecule has 0 radical (unpaired) electrons. The lowest BCUT2D eigenvalue weighted by molar-refractivity contribution is -0.384. The van der Waals surface area contributed by atoms with E-state index in [2.05, 4.69) is 0 Å². The summed E-state index contributed by atoms with van der Waals surface area (Å²) in [7, 11) is 0. The number of benzene rings is 2. The fourth-order valence-corrected chi connectivity index (χ4v) is 2.39. The average Bonchev–Trinajstić information content (AvgIpc) is 2.47. The summed E-state index contributed by atoms with van der Waals surface area (Å²) in [5, 5.41) is 10.9. The third-order valence-corrected chi connectivity index (χ3v) is 3.73. The molecule has 0 aromatic heterocycles. The van der Waals surface area contributed by atoms with E-state index in [1.165, 1.54) is 6.92 Å². The Hall–Kier alpha value is -2.74. The van der Waals surface area contributed by atoms with Crippen molar-refractivity contribution in [2.45, 2.75) is 6.92 Å². The normalized spacial score (nSPS) is 10.6. The third kappa shape index (κ3) is 2.68. The van der Waals surface area contributed by atoms with Crippen molar-refractivity contribution in [1.29, 1.82) is 0 Å². The van der Waals surface area contributed by atoms with Gasteiger partial charge in [-0.2, -0.15) is 0 Å². The summed E-state index contributed by atoms with van der Waals surface area (Å²) in [6.07, 6.45) is 0. The van der Waals surface area contributed by atoms with E-state index in [0.29, 0.717) is 6.07 Å². The van der Waals surface area contributed by atoms with Crippen molar-refractivity contribution >= 4 is 28.9 Å². The second-order valence-electron chi connectivity index (χ2n) is 4.70. The topological polar surface area (TPSA) is 112 Å². The maximum atomic E-state index is 14.1. The first-order valence-electron chi connectivity index (χ1n) is 6.18. The van der Waals surface area contributed by atoms with E-state index in [1.54, 1.807) is 0 Å². The Morgan fingerprint density at radius 1 is 1.30 bits per heavy atom. The molecule has 0 aliphatic rings. The number of nitrogen functional groups attached to an aromatic ring is 1. The molecule has 1 amide bonds. The van der Waals surface area contributed by atoms with Gasteiger partial charge < -0.3 is 11.5 Å². The van der Waals surface area contributed by atoms with Gasteiger partial charge in [0.2, 0.25) is 0 Å². The number of nitrogens with two attached hydrogens (primary N) is 2. The number of halogens is 3. The van der Waals surface area contributed by atoms with Gasteiger partial charge in [0.1, 0.15) is 17.2 Å². The lowest BCUT2D eigenvalue weighted by Gasteiger charge is -2.14. The molecule has 0 heterocycles. The molecule has 9 heteroatoms. The summed E-state index contributed by atoms with van der Waals surface area (Å²) in [5.74, 6) is -2.90. The summed E-state index contributed by atoms with van der Waals surface area (Å²) < 4.78 is 27.5. The highest BCUT2D eigenvalue weighted by Crippen LogP contribution is 2.42. The zero-order chi connectivity index (χ0) is 17.5. The van der Waals surface area contributed by atoms with Gasteiger partial charge in [-0.1, -0.05) is 11.6 Å². The van der Waals surface area contributed by atoms with Crippen molar-refractivity contribution < 1.29 is 18.5 Å². The van der Waals surface area contributed by atoms with Crippen LogP contribution in [0.2, 0.25) is 5.02 Å². The first-order chi connectivity index (χ1) is 10.7. The Kier molecular flexibility index (Phi) is 4.20. The molecule has 120 valence electrons. The number of rotatable bonds is 3. The average molecular weight is 342 g/mol. The molecule has 0 aliphatic heterocycles. The van der Waals surface area contributed by atoms with E-state index in [9.17, 15) is 23.7 Å². The molecule has 2 aromatic rings. The van der Waals surface area contributed by atoms with Gasteiger partial charge in [0.15, 0.2) is 0 Å². The molecule has 0 saturated heterocycles. The molecule has 0 aliphatic carbocycles. The van der Waals surface area contributed by atoms with E-state index < -0.39 is 38.7 Å². The highest BCUT2D eigenvalue weighted by molar-refractivity contribution is 6.34. The number of nitrogens with zero attached hydrogens (tertiary/aromatic N) is 1. The first kappa shape index (κ1) is 16.6. The van der Waals surface area contributed by atoms with Gasteiger partial charge in [-0.15, -0.1) is 0 Å². The minimum absolute atomic E-state index is 0.0670. The molecule has 6 nitrogen and oxygen atoms in total. The van der Waals surface area contributed by atoms with Gasteiger partial charge in [-0.3, -0.25) is 14.9 Å². The number of anilines is 1. The van der Waals surface area contributed by atoms with Crippen LogP contribution in [0.15, 0.2) is 18.2 Å². The van der Waals surface area contributed by atoms with Crippen molar-refractivity contribution in [3.8, 4) is 11.1 Å². The number of carbonyl (C=O) groups is 1. The molecule has 4 N–H and O–H groups in total. The predicted molar refractivity (Wildman–Crippen MR) is 81.1 cm³/mol. The zero-order valence-corrected chi connectivity index (χ0v) is 12.4. The standard InChI is InChI=1S/C14H10ClF2N3O3/c1-5-9(17)4-7(14(19)21)13(20(22)23)10(5)6-2-3-8(16)11(15)12(6)18/h2-4H,18H2,1H3,(H2,19,21). The highest BCUT2D eigenvalue weighted by Gasteiger charge is 2.30. The van der Waals surface area contributed by atoms with E-state index in [-0.39, 0.29) is 22.4 Å². The lowest BCUT2D eigenvalue weighted by atomic mass is 9.93. The van der Waals surface area contributed by atoms with Crippen molar-refractivity contribution in [3.63, 3.8) is 0 Å². The number of nitro benzene ring substituents is 1. The smallest absolute Gasteiger partial charge is 0.290 e. The molecule has 0 spiro atoms. The van der Waals surface area contributed by atoms with Crippen LogP contribution in [0.3, 0.4) is 0 Å². The second-order valence-corrected chi connectivity index (χ2v) is 5.08. The number of carbonyl (C=O) groups excluding carboxylic acids is 1. The van der Waals surface area contributed by atoms with E-state index >= 15 is 0 Å².